The summed E-state index contributed by atoms with van der Waals surface area (Å²) in [6.45, 7) is -1.25. The summed E-state index contributed by atoms with van der Waals surface area (Å²) in [7, 11) is 0. The lowest BCUT2D eigenvalue weighted by Gasteiger charge is -2.43. The Balaban J connectivity index is 2.09. The number of alkyl halides is 6. The number of hydroxylamine groups is 2. The molecular formula is C14H15F6NO. The molecule has 0 bridgehead atoms. The van der Waals surface area contributed by atoms with Crippen molar-refractivity contribution in [2.75, 3.05) is 13.1 Å². The lowest BCUT2D eigenvalue weighted by atomic mass is 9.79. The van der Waals surface area contributed by atoms with Gasteiger partial charge in [-0.25, -0.2) is 0 Å². The zero-order valence-corrected chi connectivity index (χ0v) is 11.5. The zero-order chi connectivity index (χ0) is 16.4. The average molecular weight is 327 g/mol. The largest absolute Gasteiger partial charge is 0.404 e. The van der Waals surface area contributed by atoms with Gasteiger partial charge in [0.2, 0.25) is 0 Å². The lowest BCUT2D eigenvalue weighted by Crippen LogP contribution is -2.59. The van der Waals surface area contributed by atoms with Crippen LogP contribution in [0.5, 0.6) is 0 Å². The third-order valence-corrected chi connectivity index (χ3v) is 3.80. The summed E-state index contributed by atoms with van der Waals surface area (Å²) in [5.74, 6) is 0. The fraction of sp³-hybridized carbons (Fsp3) is 0.571. The number of nitrogens with zero attached hydrogens (tertiary/aromatic N) is 1. The molecule has 0 amide bonds. The van der Waals surface area contributed by atoms with Crippen molar-refractivity contribution in [3.05, 3.63) is 35.9 Å². The lowest BCUT2D eigenvalue weighted by molar-refractivity contribution is -0.371. The number of benzene rings is 1. The van der Waals surface area contributed by atoms with Crippen LogP contribution >= 0.6 is 0 Å². The molecule has 1 aliphatic heterocycles. The van der Waals surface area contributed by atoms with Crippen molar-refractivity contribution in [3.63, 3.8) is 0 Å². The Bertz CT molecular complexity index is 470. The van der Waals surface area contributed by atoms with Crippen molar-refractivity contribution in [1.29, 1.82) is 0 Å². The Morgan fingerprint density at radius 2 is 1.59 bits per heavy atom. The molecule has 2 nitrogen and oxygen atoms in total. The molecule has 0 aliphatic carbocycles. The van der Waals surface area contributed by atoms with Gasteiger partial charge in [0.25, 0.3) is 0 Å². The van der Waals surface area contributed by atoms with Crippen molar-refractivity contribution in [2.24, 2.45) is 5.41 Å². The first-order valence-corrected chi connectivity index (χ1v) is 6.71. The maximum absolute atomic E-state index is 13.0. The molecule has 0 aromatic heterocycles. The van der Waals surface area contributed by atoms with Gasteiger partial charge in [-0.1, -0.05) is 30.3 Å². The molecule has 0 spiro atoms. The van der Waals surface area contributed by atoms with Gasteiger partial charge in [0.15, 0.2) is 5.41 Å². The SMILES string of the molecule is FC(F)(F)C1(C(F)(F)F)CCCN(OCc2ccccc2)C1. The average Bonchev–Trinajstić information content (AvgIpc) is 2.44. The molecule has 8 heteroatoms. The fourth-order valence-electron chi connectivity index (χ4n) is 2.49. The van der Waals surface area contributed by atoms with Gasteiger partial charge < -0.3 is 0 Å². The Hall–Kier alpha value is -1.28. The summed E-state index contributed by atoms with van der Waals surface area (Å²) in [6.07, 6.45) is -11.9. The number of rotatable bonds is 3. The van der Waals surface area contributed by atoms with Crippen molar-refractivity contribution < 1.29 is 31.2 Å². The molecule has 2 rings (SSSR count). The summed E-state index contributed by atoms with van der Waals surface area (Å²) >= 11 is 0. The summed E-state index contributed by atoms with van der Waals surface area (Å²) in [5.41, 5.74) is -3.05. The zero-order valence-electron chi connectivity index (χ0n) is 11.5. The molecule has 1 aliphatic rings. The van der Waals surface area contributed by atoms with Gasteiger partial charge in [0.1, 0.15) is 0 Å². The first-order valence-electron chi connectivity index (χ1n) is 6.71. The van der Waals surface area contributed by atoms with Crippen LogP contribution in [0.4, 0.5) is 26.3 Å². The van der Waals surface area contributed by atoms with Crippen LogP contribution in [-0.2, 0) is 11.4 Å². The summed E-state index contributed by atoms with van der Waals surface area (Å²) in [6, 6.07) is 8.55. The maximum atomic E-state index is 13.0. The predicted octanol–water partition coefficient (Wildman–Crippen LogP) is 4.33. The molecule has 0 N–H and O–H groups in total. The van der Waals surface area contributed by atoms with E-state index in [0.29, 0.717) is 5.56 Å². The van der Waals surface area contributed by atoms with E-state index >= 15 is 0 Å². The van der Waals surface area contributed by atoms with Gasteiger partial charge >= 0.3 is 12.4 Å². The van der Waals surface area contributed by atoms with Crippen molar-refractivity contribution >= 4 is 0 Å². The maximum Gasteiger partial charge on any atom is 0.404 e. The van der Waals surface area contributed by atoms with Crippen LogP contribution in [-0.4, -0.2) is 30.5 Å². The Morgan fingerprint density at radius 1 is 1.00 bits per heavy atom. The minimum Gasteiger partial charge on any atom is -0.294 e. The second-order valence-corrected chi connectivity index (χ2v) is 5.30. The molecule has 0 atom stereocenters. The van der Waals surface area contributed by atoms with Crippen molar-refractivity contribution in [2.45, 2.75) is 31.8 Å². The Morgan fingerprint density at radius 3 is 2.14 bits per heavy atom. The molecule has 0 radical (unpaired) electrons. The highest BCUT2D eigenvalue weighted by Gasteiger charge is 2.71. The third kappa shape index (κ3) is 3.38. The first kappa shape index (κ1) is 17.1. The fourth-order valence-corrected chi connectivity index (χ4v) is 2.49. The number of piperidine rings is 1. The molecule has 0 unspecified atom stereocenters. The number of hydrogen-bond acceptors (Lipinski definition) is 2. The normalized spacial score (nSPS) is 20.1. The molecule has 1 fully saturated rings. The van der Waals surface area contributed by atoms with Crippen LogP contribution in [0.2, 0.25) is 0 Å². The number of halogens is 6. The molecule has 1 heterocycles. The highest BCUT2D eigenvalue weighted by Crippen LogP contribution is 2.55. The topological polar surface area (TPSA) is 12.5 Å². The van der Waals surface area contributed by atoms with Crippen molar-refractivity contribution in [1.82, 2.24) is 5.06 Å². The van der Waals surface area contributed by atoms with Gasteiger partial charge in [-0.2, -0.15) is 31.4 Å². The van der Waals surface area contributed by atoms with Gasteiger partial charge in [0, 0.05) is 13.1 Å². The van der Waals surface area contributed by atoms with E-state index in [-0.39, 0.29) is 19.6 Å². The highest BCUT2D eigenvalue weighted by molar-refractivity contribution is 5.13. The van der Waals surface area contributed by atoms with E-state index in [1.807, 2.05) is 0 Å². The van der Waals surface area contributed by atoms with E-state index in [1.54, 1.807) is 30.3 Å². The van der Waals surface area contributed by atoms with E-state index in [2.05, 4.69) is 0 Å². The van der Waals surface area contributed by atoms with E-state index in [4.69, 9.17) is 4.84 Å². The van der Waals surface area contributed by atoms with Gasteiger partial charge in [0.05, 0.1) is 6.61 Å². The molecular weight excluding hydrogens is 312 g/mol. The summed E-state index contributed by atoms with van der Waals surface area (Å²) in [5, 5.41) is 0.775. The van der Waals surface area contributed by atoms with E-state index in [1.165, 1.54) is 0 Å². The third-order valence-electron chi connectivity index (χ3n) is 3.80. The van der Waals surface area contributed by atoms with Crippen LogP contribution in [0.3, 0.4) is 0 Å². The predicted molar refractivity (Wildman–Crippen MR) is 66.6 cm³/mol. The van der Waals surface area contributed by atoms with E-state index in [9.17, 15) is 26.3 Å². The second-order valence-electron chi connectivity index (χ2n) is 5.30. The minimum absolute atomic E-state index is 0.0424. The van der Waals surface area contributed by atoms with Crippen LogP contribution in [0, 0.1) is 5.41 Å². The summed E-state index contributed by atoms with van der Waals surface area (Å²) < 4.78 is 78.2. The van der Waals surface area contributed by atoms with Crippen LogP contribution < -0.4 is 0 Å². The standard InChI is InChI=1S/C14H15F6NO/c15-13(16,17)12(14(18,19)20)7-4-8-21(10-12)22-9-11-5-2-1-3-6-11/h1-3,5-6H,4,7-10H2. The highest BCUT2D eigenvalue weighted by atomic mass is 19.4. The quantitative estimate of drug-likeness (QED) is 0.767. The molecule has 0 saturated carbocycles. The molecule has 1 aromatic carbocycles. The molecule has 22 heavy (non-hydrogen) atoms. The monoisotopic (exact) mass is 327 g/mol. The molecule has 1 aromatic rings. The number of hydrogen-bond donors (Lipinski definition) is 0. The van der Waals surface area contributed by atoms with Gasteiger partial charge in [-0.05, 0) is 18.4 Å². The van der Waals surface area contributed by atoms with Gasteiger partial charge in [-0.15, -0.1) is 0 Å². The van der Waals surface area contributed by atoms with Gasteiger partial charge in [-0.3, -0.25) is 4.84 Å². The second kappa shape index (κ2) is 6.08. The van der Waals surface area contributed by atoms with Crippen LogP contribution in [0.1, 0.15) is 18.4 Å². The smallest absolute Gasteiger partial charge is 0.294 e. The Labute approximate surface area is 123 Å². The Kier molecular flexibility index (Phi) is 4.72. The molecule has 1 saturated heterocycles. The first-order chi connectivity index (χ1) is 10.2. The molecule has 124 valence electrons. The van der Waals surface area contributed by atoms with Crippen molar-refractivity contribution in [3.8, 4) is 0 Å². The van der Waals surface area contributed by atoms with Crippen LogP contribution in [0.25, 0.3) is 0 Å². The van der Waals surface area contributed by atoms with E-state index in [0.717, 1.165) is 5.06 Å². The van der Waals surface area contributed by atoms with E-state index < -0.39 is 30.7 Å². The van der Waals surface area contributed by atoms with Crippen LogP contribution in [0.15, 0.2) is 30.3 Å². The summed E-state index contributed by atoms with van der Waals surface area (Å²) in [4.78, 5) is 5.15. The minimum atomic E-state index is -5.36.